The fourth-order valence-electron chi connectivity index (χ4n) is 21.3. The number of nitrogens with zero attached hydrogens (tertiary/aromatic N) is 6. The average Bonchev–Trinajstić information content (AvgIpc) is 1.63. The lowest BCUT2D eigenvalue weighted by molar-refractivity contribution is -0.0338. The molecular formula is C118H166F4N10O16Si. The number of amides is 7. The number of hydrogen-bond donors (Lipinski definition) is 6. The van der Waals surface area contributed by atoms with Crippen molar-refractivity contribution in [1.29, 1.82) is 0 Å². The van der Waals surface area contributed by atoms with E-state index in [4.69, 9.17) is 58.5 Å². The van der Waals surface area contributed by atoms with Crippen molar-refractivity contribution in [2.75, 3.05) is 173 Å². The molecule has 14 atom stereocenters. The number of β-amino-alcohol motifs (C(OH)–C–C–N with tert-alkyl or cyclic N) is 2. The Kier molecular flexibility index (Phi) is 44.9. The summed E-state index contributed by atoms with van der Waals surface area (Å²) < 4.78 is 120. The number of unbranched alkanes of at least 4 members (excludes halogenated alkanes) is 4. The number of carbonyl (C=O) groups is 4. The van der Waals surface area contributed by atoms with Crippen molar-refractivity contribution >= 4 is 32.5 Å². The summed E-state index contributed by atoms with van der Waals surface area (Å²) in [5.41, 5.74) is 25.2. The minimum atomic E-state index is -2.24. The zero-order valence-electron chi connectivity index (χ0n) is 90.8. The summed E-state index contributed by atoms with van der Waals surface area (Å²) in [6.45, 7) is 35.1. The van der Waals surface area contributed by atoms with Crippen LogP contribution in [0.4, 0.5) is 36.7 Å². The maximum atomic E-state index is 15.7. The van der Waals surface area contributed by atoms with E-state index >= 15 is 13.2 Å². The number of urea groups is 3. The lowest BCUT2D eigenvalue weighted by Gasteiger charge is -2.40. The van der Waals surface area contributed by atoms with E-state index in [1.165, 1.54) is 18.2 Å². The van der Waals surface area contributed by atoms with E-state index in [9.17, 15) is 33.8 Å². The van der Waals surface area contributed by atoms with Crippen LogP contribution < -0.4 is 22.1 Å². The van der Waals surface area contributed by atoms with Crippen molar-refractivity contribution in [3.63, 3.8) is 0 Å². The van der Waals surface area contributed by atoms with Crippen molar-refractivity contribution in [3.8, 4) is 44.5 Å². The van der Waals surface area contributed by atoms with Gasteiger partial charge in [0.1, 0.15) is 28.9 Å². The number of aliphatic hydroxyl groups excluding tert-OH is 2. The van der Waals surface area contributed by atoms with Crippen molar-refractivity contribution < 1.29 is 94.0 Å². The molecule has 0 spiro atoms. The smallest absolute Gasteiger partial charge is 0.408 e. The Labute approximate surface area is 882 Å². The molecular weight excluding hydrogens is 1920 g/mol. The van der Waals surface area contributed by atoms with E-state index in [0.717, 1.165) is 164 Å². The van der Waals surface area contributed by atoms with E-state index in [1.807, 2.05) is 169 Å². The number of carbonyl (C=O) groups excluding carboxylic acids is 4. The lowest BCUT2D eigenvalue weighted by atomic mass is 9.82. The van der Waals surface area contributed by atoms with Crippen LogP contribution in [0.5, 0.6) is 0 Å². The molecule has 0 bridgehead atoms. The minimum absolute atomic E-state index is 0.0508. The molecule has 2 unspecified atom stereocenters. The van der Waals surface area contributed by atoms with Gasteiger partial charge in [0.2, 0.25) is 0 Å². The number of ether oxygens (including phenoxy) is 9. The summed E-state index contributed by atoms with van der Waals surface area (Å²) in [7, 11) is 4.56. The van der Waals surface area contributed by atoms with Gasteiger partial charge in [-0.1, -0.05) is 214 Å². The fourth-order valence-corrected chi connectivity index (χ4v) is 22.6. The molecule has 8 N–H and O–H groups in total. The maximum Gasteiger partial charge on any atom is 0.408 e. The van der Waals surface area contributed by atoms with Gasteiger partial charge in [0.05, 0.1) is 75.2 Å². The Morgan fingerprint density at radius 2 is 0.711 bits per heavy atom. The number of nitrogens with one attached hydrogen (secondary N) is 2. The van der Waals surface area contributed by atoms with Gasteiger partial charge in [0, 0.05) is 205 Å². The first-order chi connectivity index (χ1) is 71.4. The number of methoxy groups -OCH3 is 4. The Bertz CT molecular complexity index is 5390. The first-order valence-corrected chi connectivity index (χ1v) is 56.5. The number of nitrogens with two attached hydrogens (primary N) is 2. The second kappa shape index (κ2) is 56.7. The first kappa shape index (κ1) is 118. The molecule has 0 saturated carbocycles. The number of halogens is 4. The molecule has 31 heteroatoms. The van der Waals surface area contributed by atoms with E-state index in [1.54, 1.807) is 77.2 Å². The van der Waals surface area contributed by atoms with Gasteiger partial charge >= 0.3 is 24.2 Å². The number of benzene rings is 8. The molecule has 7 aliphatic rings. The highest BCUT2D eigenvalue weighted by molar-refractivity contribution is 6.74. The number of aryl methyl sites for hydroxylation is 4. The topological polar surface area (TPSA) is 297 Å². The summed E-state index contributed by atoms with van der Waals surface area (Å²) in [6.07, 6.45) is 7.47. The normalized spacial score (nSPS) is 21.6. The van der Waals surface area contributed by atoms with Crippen LogP contribution in [0.25, 0.3) is 44.5 Å². The van der Waals surface area contributed by atoms with Gasteiger partial charge in [0.25, 0.3) is 0 Å². The summed E-state index contributed by atoms with van der Waals surface area (Å²) in [4.78, 5) is 64.1. The number of morpholine rings is 4. The second-order valence-electron chi connectivity index (χ2n) is 43.5. The number of likely N-dealkylation sites (tertiary alicyclic amines) is 3. The zero-order chi connectivity index (χ0) is 107. The fraction of sp³-hybridized carbons (Fsp3) is 0.559. The van der Waals surface area contributed by atoms with Crippen molar-refractivity contribution in [2.24, 2.45) is 11.5 Å². The largest absolute Gasteiger partial charge is 0.444 e. The molecule has 816 valence electrons. The number of hydrogen-bond acceptors (Lipinski definition) is 19. The van der Waals surface area contributed by atoms with Gasteiger partial charge in [-0.15, -0.1) is 0 Å². The third-order valence-corrected chi connectivity index (χ3v) is 34.5. The van der Waals surface area contributed by atoms with Crippen LogP contribution in [0, 0.1) is 51.0 Å². The Morgan fingerprint density at radius 1 is 0.409 bits per heavy atom. The van der Waals surface area contributed by atoms with Crippen molar-refractivity contribution in [3.05, 3.63) is 238 Å². The highest BCUT2D eigenvalue weighted by Crippen LogP contribution is 2.46. The van der Waals surface area contributed by atoms with Crippen LogP contribution in [0.15, 0.2) is 170 Å². The molecule has 0 aliphatic carbocycles. The predicted molar refractivity (Wildman–Crippen MR) is 581 cm³/mol. The summed E-state index contributed by atoms with van der Waals surface area (Å²) >= 11 is 0. The van der Waals surface area contributed by atoms with Gasteiger partial charge in [-0.25, -0.2) is 36.7 Å². The Morgan fingerprint density at radius 3 is 0.987 bits per heavy atom. The van der Waals surface area contributed by atoms with E-state index in [0.29, 0.717) is 134 Å². The molecule has 7 fully saturated rings. The minimum Gasteiger partial charge on any atom is -0.444 e. The van der Waals surface area contributed by atoms with E-state index in [-0.39, 0.29) is 114 Å². The molecule has 0 radical (unpaired) electrons. The van der Waals surface area contributed by atoms with Crippen LogP contribution in [0.3, 0.4) is 0 Å². The van der Waals surface area contributed by atoms with Crippen LogP contribution in [0.2, 0.25) is 18.1 Å². The summed E-state index contributed by atoms with van der Waals surface area (Å²) in [5, 5.41) is 26.4. The van der Waals surface area contributed by atoms with Gasteiger partial charge in [-0.05, 0) is 187 Å². The van der Waals surface area contributed by atoms with Gasteiger partial charge < -0.3 is 109 Å². The lowest BCUT2D eigenvalue weighted by Crippen LogP contribution is -2.52. The number of rotatable bonds is 35. The van der Waals surface area contributed by atoms with Crippen molar-refractivity contribution in [1.82, 2.24) is 40.0 Å². The molecule has 26 nitrogen and oxygen atoms in total. The average molecular weight is 2080 g/mol. The van der Waals surface area contributed by atoms with Gasteiger partial charge in [0.15, 0.2) is 8.32 Å². The van der Waals surface area contributed by atoms with Crippen LogP contribution in [-0.4, -0.2) is 311 Å². The standard InChI is InChI=1S/C39H60FN3O6Si.2C28H38FN3O4.C23H30FNO2/c1-27-15-13-16-28(23-27)35-30(18-14-19-31(35)40)29(17-11-12-21-46-8)33-25-42(20-22-47-33)37(45)43-24-32(41-36(44)48-38(2,3)4)34(26-43)49-50(9,10)39(5,6)7;2*1-19-7-5-8-20(15-19)27-22(10-6-11-23(27)29)21(9-3-4-13-35-2)26-18-31(12-14-36-26)28(34)32-16-24(30)25(33)17-32;1-17-7-5-8-18(15-17)23-20(10-6-11-21(23)24)19(9-3-4-13-26-2)22-16-25-12-14-27-22/h13-16,18-19,23,29,32-34H,11-12,17,20-22,24-26H2,1-10H3,(H,41,44);2*5-8,10-11,15,21,24-26,33H,3-4,9,12-14,16-18,30H2,1-2H3;5-8,10-11,15,19,22,25H,3-4,9,12-14,16H2,1-2H3/t29?,32-,33-,34+;21-,24+,25-,26+;21-,24-,25+,26-;19?,22-/m1011/s1. The summed E-state index contributed by atoms with van der Waals surface area (Å²) in [5.74, 6) is -1.15. The number of alkyl carbamates (subject to hydrolysis) is 1. The summed E-state index contributed by atoms with van der Waals surface area (Å²) in [6, 6.07) is 51.4. The second-order valence-corrected chi connectivity index (χ2v) is 48.3. The van der Waals surface area contributed by atoms with Crippen LogP contribution in [-0.2, 0) is 47.1 Å². The Balaban J connectivity index is 0.000000180. The molecule has 7 heterocycles. The highest BCUT2D eigenvalue weighted by Gasteiger charge is 2.48. The maximum absolute atomic E-state index is 15.7. The molecule has 15 rings (SSSR count). The van der Waals surface area contributed by atoms with Crippen molar-refractivity contribution in [2.45, 2.75) is 255 Å². The molecule has 7 saturated heterocycles. The molecule has 8 aromatic carbocycles. The monoisotopic (exact) mass is 2080 g/mol. The quantitative estimate of drug-likeness (QED) is 0.0122. The van der Waals surface area contributed by atoms with Gasteiger partial charge in [-0.3, -0.25) is 0 Å². The van der Waals surface area contributed by atoms with Gasteiger partial charge in [-0.2, -0.15) is 0 Å². The van der Waals surface area contributed by atoms with E-state index < -0.39 is 50.3 Å². The molecule has 0 aromatic heterocycles. The molecule has 7 aliphatic heterocycles. The Hall–Kier alpha value is -9.78. The molecule has 149 heavy (non-hydrogen) atoms. The van der Waals surface area contributed by atoms with Crippen LogP contribution >= 0.6 is 0 Å². The zero-order valence-corrected chi connectivity index (χ0v) is 91.8. The first-order valence-electron chi connectivity index (χ1n) is 53.6. The molecule has 8 aromatic rings. The predicted octanol–water partition coefficient (Wildman–Crippen LogP) is 19.9. The highest BCUT2D eigenvalue weighted by atomic mass is 28.4. The SMILES string of the molecule is COCCCCC(c1cccc(F)c1-c1cccc(C)c1)[C@H]1CN(C(=O)N2C[C@H](O[Si](C)(C)C(C)(C)C)[C@H](NC(=O)OC(C)(C)C)C2)CCO1.COCCCCC(c1cccc(F)c1-c1cccc(C)c1)[C@H]1CNCCO1.COCCCC[C@@H](c1cccc(F)c1-c1cccc(C)c1)[C@H]1CN(C(=O)N2C[C@@H](N)[C@@H](O)C2)CCO1.COCCCC[C@H](c1cccc(F)c1-c1cccc(C)c1)[C@H]1CN(C(=O)N2C[C@@H](N)[C@@H](O)C2)CCO1. The van der Waals surface area contributed by atoms with Crippen LogP contribution in [0.1, 0.15) is 187 Å². The van der Waals surface area contributed by atoms with E-state index in [2.05, 4.69) is 56.6 Å². The number of aliphatic hydroxyl groups is 2. The third kappa shape index (κ3) is 32.9. The molecule has 7 amide bonds. The third-order valence-electron chi connectivity index (χ3n) is 30.0.